The molecule has 1 fully saturated rings. The zero-order chi connectivity index (χ0) is 15.8. The number of Topliss-reactive ketones (excluding diaryl/α,β-unsaturated/α-hetero) is 1. The maximum absolute atomic E-state index is 12.1. The zero-order valence-corrected chi connectivity index (χ0v) is 14.3. The Kier molecular flexibility index (Phi) is 4.63. The van der Waals surface area contributed by atoms with E-state index in [4.69, 9.17) is 5.73 Å². The third-order valence-electron chi connectivity index (χ3n) is 4.05. The number of nitrogens with zero attached hydrogens (tertiary/aromatic N) is 1. The number of hydrogen-bond acceptors (Lipinski definition) is 6. The first-order chi connectivity index (χ1) is 9.75. The third-order valence-corrected chi connectivity index (χ3v) is 6.70. The van der Waals surface area contributed by atoms with Gasteiger partial charge in [0.1, 0.15) is 9.90 Å². The molecule has 2 rings (SSSR count). The largest absolute Gasteiger partial charge is 0.396 e. The minimum Gasteiger partial charge on any atom is -0.396 e. The highest BCUT2D eigenvalue weighted by Gasteiger charge is 2.30. The Labute approximate surface area is 130 Å². The second-order valence-electron chi connectivity index (χ2n) is 5.65. The average Bonchev–Trinajstić information content (AvgIpc) is 2.76. The first kappa shape index (κ1) is 16.3. The number of hydrogen-bond donors (Lipinski definition) is 1. The number of anilines is 2. The van der Waals surface area contributed by atoms with Crippen LogP contribution in [0.15, 0.2) is 4.90 Å². The predicted octanol–water partition coefficient (Wildman–Crippen LogP) is 2.56. The van der Waals surface area contributed by atoms with Crippen molar-refractivity contribution in [2.45, 2.75) is 38.0 Å². The summed E-state index contributed by atoms with van der Waals surface area (Å²) in [7, 11) is -3.45. The van der Waals surface area contributed by atoms with Crippen molar-refractivity contribution in [3.63, 3.8) is 0 Å². The standard InChI is InChI=1S/C14H22N2O3S2/c1-4-10-5-7-16(8-6-10)14-13(21(3,18)19)11(15)12(20-14)9(2)17/h10H,4-8,15H2,1-3H3. The van der Waals surface area contributed by atoms with Crippen molar-refractivity contribution in [3.05, 3.63) is 4.88 Å². The quantitative estimate of drug-likeness (QED) is 0.858. The SMILES string of the molecule is CCC1CCN(c2sc(C(C)=O)c(N)c2S(C)(=O)=O)CC1. The molecule has 0 unspecified atom stereocenters. The summed E-state index contributed by atoms with van der Waals surface area (Å²) >= 11 is 1.21. The van der Waals surface area contributed by atoms with Gasteiger partial charge in [-0.1, -0.05) is 13.3 Å². The van der Waals surface area contributed by atoms with E-state index in [1.165, 1.54) is 18.3 Å². The molecule has 118 valence electrons. The van der Waals surface area contributed by atoms with Gasteiger partial charge in [-0.15, -0.1) is 11.3 Å². The number of ketones is 1. The topological polar surface area (TPSA) is 80.5 Å². The van der Waals surface area contributed by atoms with Gasteiger partial charge in [0.2, 0.25) is 0 Å². The van der Waals surface area contributed by atoms with Gasteiger partial charge in [0.15, 0.2) is 15.6 Å². The molecule has 0 aliphatic carbocycles. The Morgan fingerprint density at radius 3 is 2.38 bits per heavy atom. The van der Waals surface area contributed by atoms with Crippen molar-refractivity contribution in [2.75, 3.05) is 30.0 Å². The van der Waals surface area contributed by atoms with E-state index in [1.807, 2.05) is 0 Å². The lowest BCUT2D eigenvalue weighted by atomic mass is 9.95. The van der Waals surface area contributed by atoms with Crippen molar-refractivity contribution in [1.29, 1.82) is 0 Å². The number of carbonyl (C=O) groups is 1. The summed E-state index contributed by atoms with van der Waals surface area (Å²) in [4.78, 5) is 14.2. The second-order valence-corrected chi connectivity index (χ2v) is 8.60. The van der Waals surface area contributed by atoms with Crippen molar-refractivity contribution in [1.82, 2.24) is 0 Å². The van der Waals surface area contributed by atoms with Crippen LogP contribution in [0.5, 0.6) is 0 Å². The van der Waals surface area contributed by atoms with Crippen LogP contribution >= 0.6 is 11.3 Å². The van der Waals surface area contributed by atoms with Gasteiger partial charge in [-0.25, -0.2) is 8.42 Å². The summed E-state index contributed by atoms with van der Waals surface area (Å²) < 4.78 is 24.1. The molecule has 0 amide bonds. The number of piperidine rings is 1. The molecule has 1 aromatic heterocycles. The smallest absolute Gasteiger partial charge is 0.180 e. The van der Waals surface area contributed by atoms with E-state index >= 15 is 0 Å². The molecular weight excluding hydrogens is 308 g/mol. The van der Waals surface area contributed by atoms with E-state index in [1.54, 1.807) is 0 Å². The van der Waals surface area contributed by atoms with Crippen LogP contribution in [-0.4, -0.2) is 33.5 Å². The van der Waals surface area contributed by atoms with E-state index in [2.05, 4.69) is 11.8 Å². The minimum atomic E-state index is -3.45. The van der Waals surface area contributed by atoms with Gasteiger partial charge in [-0.2, -0.15) is 0 Å². The Morgan fingerprint density at radius 2 is 1.95 bits per heavy atom. The van der Waals surface area contributed by atoms with E-state index in [9.17, 15) is 13.2 Å². The summed E-state index contributed by atoms with van der Waals surface area (Å²) in [6.45, 7) is 5.23. The first-order valence-corrected chi connectivity index (χ1v) is 9.84. The lowest BCUT2D eigenvalue weighted by Gasteiger charge is -2.32. The average molecular weight is 330 g/mol. The summed E-state index contributed by atoms with van der Waals surface area (Å²) in [5.41, 5.74) is 6.05. The molecule has 0 spiro atoms. The fourth-order valence-electron chi connectivity index (χ4n) is 2.79. The second kappa shape index (κ2) is 5.96. The molecule has 2 heterocycles. The molecule has 0 bridgehead atoms. The highest BCUT2D eigenvalue weighted by Crippen LogP contribution is 2.43. The monoisotopic (exact) mass is 330 g/mol. The molecular formula is C14H22N2O3S2. The van der Waals surface area contributed by atoms with Crippen LogP contribution in [0.2, 0.25) is 0 Å². The minimum absolute atomic E-state index is 0.114. The summed E-state index contributed by atoms with van der Waals surface area (Å²) in [6, 6.07) is 0. The summed E-state index contributed by atoms with van der Waals surface area (Å²) in [5, 5.41) is 0.634. The van der Waals surface area contributed by atoms with Crippen LogP contribution in [-0.2, 0) is 9.84 Å². The van der Waals surface area contributed by atoms with E-state index in [0.717, 1.165) is 38.6 Å². The molecule has 1 aliphatic heterocycles. The molecule has 21 heavy (non-hydrogen) atoms. The molecule has 1 aliphatic rings. The zero-order valence-electron chi connectivity index (χ0n) is 12.7. The Bertz CT molecular complexity index is 641. The van der Waals surface area contributed by atoms with Crippen molar-refractivity contribution >= 4 is 37.6 Å². The summed E-state index contributed by atoms with van der Waals surface area (Å²) in [5.74, 6) is 0.518. The lowest BCUT2D eigenvalue weighted by molar-refractivity contribution is 0.102. The van der Waals surface area contributed by atoms with E-state index < -0.39 is 9.84 Å². The molecule has 0 radical (unpaired) electrons. The summed E-state index contributed by atoms with van der Waals surface area (Å²) in [6.07, 6.45) is 4.40. The van der Waals surface area contributed by atoms with Crippen LogP contribution in [0.1, 0.15) is 42.8 Å². The highest BCUT2D eigenvalue weighted by atomic mass is 32.2. The maximum atomic E-state index is 12.1. The molecule has 2 N–H and O–H groups in total. The Balaban J connectivity index is 2.44. The molecule has 7 heteroatoms. The number of thiophene rings is 1. The van der Waals surface area contributed by atoms with Gasteiger partial charge < -0.3 is 10.6 Å². The molecule has 1 aromatic rings. The Hall–Kier alpha value is -1.08. The first-order valence-electron chi connectivity index (χ1n) is 7.13. The van der Waals surface area contributed by atoms with Gasteiger partial charge in [0.25, 0.3) is 0 Å². The Morgan fingerprint density at radius 1 is 1.38 bits per heavy atom. The van der Waals surface area contributed by atoms with Gasteiger partial charge in [-0.05, 0) is 18.8 Å². The molecule has 0 saturated carbocycles. The van der Waals surface area contributed by atoms with Crippen LogP contribution in [0, 0.1) is 5.92 Å². The maximum Gasteiger partial charge on any atom is 0.180 e. The van der Waals surface area contributed by atoms with Crippen LogP contribution in [0.4, 0.5) is 10.7 Å². The number of sulfone groups is 1. The number of carbonyl (C=O) groups excluding carboxylic acids is 1. The fourth-order valence-corrected chi connectivity index (χ4v) is 5.44. The third kappa shape index (κ3) is 3.23. The lowest BCUT2D eigenvalue weighted by Crippen LogP contribution is -2.33. The van der Waals surface area contributed by atoms with Gasteiger partial charge in [-0.3, -0.25) is 4.79 Å². The van der Waals surface area contributed by atoms with Crippen molar-refractivity contribution in [3.8, 4) is 0 Å². The molecule has 0 atom stereocenters. The molecule has 5 nitrogen and oxygen atoms in total. The van der Waals surface area contributed by atoms with E-state index in [-0.39, 0.29) is 16.4 Å². The highest BCUT2D eigenvalue weighted by molar-refractivity contribution is 7.91. The van der Waals surface area contributed by atoms with Crippen LogP contribution in [0.25, 0.3) is 0 Å². The van der Waals surface area contributed by atoms with Gasteiger partial charge >= 0.3 is 0 Å². The number of rotatable bonds is 4. The van der Waals surface area contributed by atoms with Crippen molar-refractivity contribution in [2.24, 2.45) is 5.92 Å². The number of nitrogens with two attached hydrogens (primary N) is 1. The molecule has 0 aromatic carbocycles. The van der Waals surface area contributed by atoms with Gasteiger partial charge in [0, 0.05) is 26.3 Å². The predicted molar refractivity (Wildman–Crippen MR) is 87.1 cm³/mol. The van der Waals surface area contributed by atoms with Crippen LogP contribution < -0.4 is 10.6 Å². The molecule has 1 saturated heterocycles. The fraction of sp³-hybridized carbons (Fsp3) is 0.643. The van der Waals surface area contributed by atoms with Gasteiger partial charge in [0.05, 0.1) is 10.6 Å². The normalized spacial score (nSPS) is 17.2. The van der Waals surface area contributed by atoms with Crippen LogP contribution in [0.3, 0.4) is 0 Å². The number of nitrogen functional groups attached to an aromatic ring is 1. The van der Waals surface area contributed by atoms with Crippen molar-refractivity contribution < 1.29 is 13.2 Å². The van der Waals surface area contributed by atoms with E-state index in [0.29, 0.717) is 15.8 Å².